The summed E-state index contributed by atoms with van der Waals surface area (Å²) >= 11 is 1.15. The number of aromatic hydroxyl groups is 1. The van der Waals surface area contributed by atoms with Crippen molar-refractivity contribution in [3.05, 3.63) is 59.9 Å². The molecule has 0 aliphatic carbocycles. The lowest BCUT2D eigenvalue weighted by Gasteiger charge is -2.11. The van der Waals surface area contributed by atoms with Crippen molar-refractivity contribution in [1.29, 1.82) is 0 Å². The standard InChI is InChI=1S/C18H13F4NOS/c1-23-17-14(12-9-11(18(20,21)22)7-8-13(12)19)15(24)16(25-17)10-5-3-2-4-6-10/h2-9,23-24H,1H3. The van der Waals surface area contributed by atoms with Crippen molar-refractivity contribution in [2.45, 2.75) is 6.18 Å². The van der Waals surface area contributed by atoms with Crippen LogP contribution in [0.15, 0.2) is 48.5 Å². The number of halogens is 4. The fourth-order valence-corrected chi connectivity index (χ4v) is 3.59. The monoisotopic (exact) mass is 367 g/mol. The van der Waals surface area contributed by atoms with Crippen molar-refractivity contribution in [2.24, 2.45) is 0 Å². The Balaban J connectivity index is 2.23. The number of rotatable bonds is 3. The quantitative estimate of drug-likeness (QED) is 0.558. The second-order valence-electron chi connectivity index (χ2n) is 5.29. The van der Waals surface area contributed by atoms with E-state index in [1.165, 1.54) is 0 Å². The summed E-state index contributed by atoms with van der Waals surface area (Å²) in [7, 11) is 1.56. The van der Waals surface area contributed by atoms with Crippen LogP contribution in [0.5, 0.6) is 5.75 Å². The van der Waals surface area contributed by atoms with Gasteiger partial charge in [0.05, 0.1) is 16.0 Å². The van der Waals surface area contributed by atoms with Crippen LogP contribution < -0.4 is 5.32 Å². The molecule has 1 aromatic heterocycles. The highest BCUT2D eigenvalue weighted by molar-refractivity contribution is 7.20. The summed E-state index contributed by atoms with van der Waals surface area (Å²) in [4.78, 5) is 0.455. The first-order valence-electron chi connectivity index (χ1n) is 7.29. The Hall–Kier alpha value is -2.54. The summed E-state index contributed by atoms with van der Waals surface area (Å²) in [6.07, 6.45) is -4.60. The Morgan fingerprint density at radius 3 is 2.32 bits per heavy atom. The number of anilines is 1. The van der Waals surface area contributed by atoms with Crippen molar-refractivity contribution in [2.75, 3.05) is 12.4 Å². The second-order valence-corrected chi connectivity index (χ2v) is 6.31. The lowest BCUT2D eigenvalue weighted by molar-refractivity contribution is -0.137. The van der Waals surface area contributed by atoms with E-state index >= 15 is 0 Å². The van der Waals surface area contributed by atoms with E-state index in [4.69, 9.17) is 0 Å². The lowest BCUT2D eigenvalue weighted by atomic mass is 10.0. The first-order chi connectivity index (χ1) is 11.8. The minimum Gasteiger partial charge on any atom is -0.506 e. The van der Waals surface area contributed by atoms with Gasteiger partial charge < -0.3 is 10.4 Å². The molecule has 0 fully saturated rings. The number of thiophene rings is 1. The average molecular weight is 367 g/mol. The van der Waals surface area contributed by atoms with Gasteiger partial charge in [0, 0.05) is 12.6 Å². The first-order valence-corrected chi connectivity index (χ1v) is 8.10. The third kappa shape index (κ3) is 3.19. The van der Waals surface area contributed by atoms with Crippen LogP contribution in [-0.4, -0.2) is 12.2 Å². The van der Waals surface area contributed by atoms with Gasteiger partial charge in [-0.2, -0.15) is 13.2 Å². The molecule has 25 heavy (non-hydrogen) atoms. The molecule has 0 amide bonds. The SMILES string of the molecule is CNc1sc(-c2ccccc2)c(O)c1-c1cc(C(F)(F)F)ccc1F. The van der Waals surface area contributed by atoms with Gasteiger partial charge in [0.25, 0.3) is 0 Å². The van der Waals surface area contributed by atoms with E-state index in [1.807, 2.05) is 0 Å². The van der Waals surface area contributed by atoms with Gasteiger partial charge >= 0.3 is 6.18 Å². The highest BCUT2D eigenvalue weighted by atomic mass is 32.1. The molecule has 0 bridgehead atoms. The highest BCUT2D eigenvalue weighted by Crippen LogP contribution is 2.51. The van der Waals surface area contributed by atoms with Gasteiger partial charge in [-0.05, 0) is 23.8 Å². The molecule has 3 aromatic rings. The fourth-order valence-electron chi connectivity index (χ4n) is 2.53. The predicted molar refractivity (Wildman–Crippen MR) is 91.4 cm³/mol. The van der Waals surface area contributed by atoms with E-state index in [-0.39, 0.29) is 16.9 Å². The molecule has 7 heteroatoms. The van der Waals surface area contributed by atoms with Crippen molar-refractivity contribution >= 4 is 16.3 Å². The van der Waals surface area contributed by atoms with Crippen LogP contribution >= 0.6 is 11.3 Å². The van der Waals surface area contributed by atoms with Crippen LogP contribution in [-0.2, 0) is 6.18 Å². The Labute approximate surface area is 145 Å². The Morgan fingerprint density at radius 2 is 1.72 bits per heavy atom. The zero-order valence-electron chi connectivity index (χ0n) is 13.0. The Kier molecular flexibility index (Phi) is 4.43. The van der Waals surface area contributed by atoms with Gasteiger partial charge in [0.2, 0.25) is 0 Å². The number of hydrogen-bond acceptors (Lipinski definition) is 3. The minimum absolute atomic E-state index is 0.0231. The normalized spacial score (nSPS) is 11.6. The largest absolute Gasteiger partial charge is 0.506 e. The number of alkyl halides is 3. The van der Waals surface area contributed by atoms with E-state index in [0.29, 0.717) is 27.6 Å². The minimum atomic E-state index is -4.60. The molecule has 130 valence electrons. The molecule has 2 N–H and O–H groups in total. The van der Waals surface area contributed by atoms with Gasteiger partial charge in [0.1, 0.15) is 16.6 Å². The number of nitrogens with one attached hydrogen (secondary N) is 1. The molecule has 2 aromatic carbocycles. The Bertz CT molecular complexity index is 903. The zero-order chi connectivity index (χ0) is 18.2. The molecule has 0 radical (unpaired) electrons. The third-order valence-electron chi connectivity index (χ3n) is 3.71. The molecule has 2 nitrogen and oxygen atoms in total. The second kappa shape index (κ2) is 6.40. The van der Waals surface area contributed by atoms with Crippen LogP contribution in [0.1, 0.15) is 5.56 Å². The van der Waals surface area contributed by atoms with Crippen LogP contribution in [0.25, 0.3) is 21.6 Å². The molecule has 0 aliphatic heterocycles. The maximum Gasteiger partial charge on any atom is 0.416 e. The molecule has 0 aliphatic rings. The summed E-state index contributed by atoms with van der Waals surface area (Å²) in [5.41, 5.74) is -0.553. The average Bonchev–Trinajstić information content (AvgIpc) is 2.91. The summed E-state index contributed by atoms with van der Waals surface area (Å²) in [6, 6.07) is 11.0. The predicted octanol–water partition coefficient (Wildman–Crippen LogP) is 5.99. The molecule has 0 spiro atoms. The van der Waals surface area contributed by atoms with Gasteiger partial charge in [-0.1, -0.05) is 30.3 Å². The molecule has 0 atom stereocenters. The van der Waals surface area contributed by atoms with Gasteiger partial charge in [-0.25, -0.2) is 4.39 Å². The summed E-state index contributed by atoms with van der Waals surface area (Å²) < 4.78 is 53.2. The van der Waals surface area contributed by atoms with E-state index in [1.54, 1.807) is 37.4 Å². The van der Waals surface area contributed by atoms with E-state index in [2.05, 4.69) is 5.32 Å². The van der Waals surface area contributed by atoms with Crippen molar-refractivity contribution in [1.82, 2.24) is 0 Å². The van der Waals surface area contributed by atoms with Gasteiger partial charge in [-0.3, -0.25) is 0 Å². The first kappa shape index (κ1) is 17.3. The fraction of sp³-hybridized carbons (Fsp3) is 0.111. The summed E-state index contributed by atoms with van der Waals surface area (Å²) in [6.45, 7) is 0. The summed E-state index contributed by atoms with van der Waals surface area (Å²) in [5, 5.41) is 13.8. The van der Waals surface area contributed by atoms with Crippen LogP contribution in [0.2, 0.25) is 0 Å². The molecule has 0 saturated heterocycles. The van der Waals surface area contributed by atoms with E-state index in [9.17, 15) is 22.7 Å². The topological polar surface area (TPSA) is 32.3 Å². The van der Waals surface area contributed by atoms with Gasteiger partial charge in [0.15, 0.2) is 0 Å². The van der Waals surface area contributed by atoms with Crippen molar-refractivity contribution < 1.29 is 22.7 Å². The van der Waals surface area contributed by atoms with E-state index < -0.39 is 17.6 Å². The van der Waals surface area contributed by atoms with Crippen LogP contribution in [0.4, 0.5) is 22.6 Å². The molecule has 0 unspecified atom stereocenters. The number of hydrogen-bond donors (Lipinski definition) is 2. The molecule has 3 rings (SSSR count). The number of benzene rings is 2. The maximum atomic E-state index is 14.2. The smallest absolute Gasteiger partial charge is 0.416 e. The van der Waals surface area contributed by atoms with E-state index in [0.717, 1.165) is 17.4 Å². The van der Waals surface area contributed by atoms with Crippen LogP contribution in [0.3, 0.4) is 0 Å². The molecular weight excluding hydrogens is 354 g/mol. The van der Waals surface area contributed by atoms with Gasteiger partial charge in [-0.15, -0.1) is 11.3 Å². The van der Waals surface area contributed by atoms with Crippen LogP contribution in [0, 0.1) is 5.82 Å². The Morgan fingerprint density at radius 1 is 1.04 bits per heavy atom. The molecular formula is C18H13F4NOS. The molecule has 0 saturated carbocycles. The highest BCUT2D eigenvalue weighted by Gasteiger charge is 2.32. The van der Waals surface area contributed by atoms with Crippen molar-refractivity contribution in [3.63, 3.8) is 0 Å². The molecule has 1 heterocycles. The van der Waals surface area contributed by atoms with Crippen molar-refractivity contribution in [3.8, 4) is 27.3 Å². The maximum absolute atomic E-state index is 14.2. The lowest BCUT2D eigenvalue weighted by Crippen LogP contribution is -2.05. The zero-order valence-corrected chi connectivity index (χ0v) is 13.8. The third-order valence-corrected chi connectivity index (χ3v) is 4.95. The summed E-state index contributed by atoms with van der Waals surface area (Å²) in [5.74, 6) is -1.09.